The molecule has 3 rings (SSSR count). The van der Waals surface area contributed by atoms with Crippen LogP contribution in [0.5, 0.6) is 0 Å². The lowest BCUT2D eigenvalue weighted by Gasteiger charge is -2.59. The summed E-state index contributed by atoms with van der Waals surface area (Å²) >= 11 is 0. The van der Waals surface area contributed by atoms with E-state index in [-0.39, 0.29) is 41.0 Å². The number of aryl methyl sites for hydroxylation is 2. The fraction of sp³-hybridized carbons (Fsp3) is 0.833. The lowest BCUT2D eigenvalue weighted by atomic mass is 9.56. The Morgan fingerprint density at radius 2 is 2.08 bits per heavy atom. The molecule has 1 aromatic rings. The highest BCUT2D eigenvalue weighted by molar-refractivity contribution is 14.0. The highest BCUT2D eigenvalue weighted by Gasteiger charge is 2.58. The molecule has 1 saturated carbocycles. The fourth-order valence-corrected chi connectivity index (χ4v) is 3.95. The van der Waals surface area contributed by atoms with E-state index < -0.39 is 0 Å². The Balaban J connectivity index is 0.00000243. The van der Waals surface area contributed by atoms with Crippen molar-refractivity contribution in [3.05, 3.63) is 11.6 Å². The van der Waals surface area contributed by atoms with E-state index in [0.29, 0.717) is 6.04 Å². The van der Waals surface area contributed by atoms with E-state index in [9.17, 15) is 0 Å². The molecule has 0 saturated heterocycles. The third-order valence-corrected chi connectivity index (χ3v) is 6.20. The summed E-state index contributed by atoms with van der Waals surface area (Å²) in [6.45, 7) is 12.4. The van der Waals surface area contributed by atoms with Crippen molar-refractivity contribution >= 4 is 29.9 Å². The molecular formula is C18H33IN6O. The third kappa shape index (κ3) is 3.72. The summed E-state index contributed by atoms with van der Waals surface area (Å²) in [5.41, 5.74) is -0.0504. The van der Waals surface area contributed by atoms with Gasteiger partial charge in [0.1, 0.15) is 11.6 Å². The summed E-state index contributed by atoms with van der Waals surface area (Å²) in [5, 5.41) is 11.7. The third-order valence-electron chi connectivity index (χ3n) is 6.20. The van der Waals surface area contributed by atoms with Crippen LogP contribution in [0.25, 0.3) is 0 Å². The first-order chi connectivity index (χ1) is 11.8. The second-order valence-corrected chi connectivity index (χ2v) is 7.96. The monoisotopic (exact) mass is 476 g/mol. The zero-order chi connectivity index (χ0) is 18.2. The summed E-state index contributed by atoms with van der Waals surface area (Å²) in [6.07, 6.45) is 3.12. The van der Waals surface area contributed by atoms with Gasteiger partial charge in [0.2, 0.25) is 0 Å². The molecule has 1 aliphatic carbocycles. The molecule has 2 aliphatic rings. The van der Waals surface area contributed by atoms with Gasteiger partial charge in [-0.1, -0.05) is 13.8 Å². The van der Waals surface area contributed by atoms with E-state index in [1.54, 1.807) is 7.11 Å². The molecule has 2 N–H and O–H groups in total. The van der Waals surface area contributed by atoms with Crippen molar-refractivity contribution in [1.82, 2.24) is 25.4 Å². The minimum absolute atomic E-state index is 0. The van der Waals surface area contributed by atoms with Crippen LogP contribution in [-0.4, -0.2) is 46.0 Å². The van der Waals surface area contributed by atoms with Crippen LogP contribution in [0.1, 0.15) is 64.6 Å². The standard InChI is InChI=1S/C18H32N6O.HI/c1-7-19-16(22-14-11-18(5,25-6)17(14,3)4)21-13-9-8-10-24-15(13)20-12(2)23-24;/h13-14H,7-11H2,1-6H3,(H2,19,21,22);1H. The average Bonchev–Trinajstić information content (AvgIpc) is 2.95. The second-order valence-electron chi connectivity index (χ2n) is 7.96. The summed E-state index contributed by atoms with van der Waals surface area (Å²) in [4.78, 5) is 9.27. The molecule has 3 atom stereocenters. The number of halogens is 1. The molecule has 1 aliphatic heterocycles. The number of ether oxygens (including phenoxy) is 1. The Labute approximate surface area is 173 Å². The van der Waals surface area contributed by atoms with E-state index in [1.165, 1.54) is 0 Å². The van der Waals surface area contributed by atoms with Gasteiger partial charge < -0.3 is 15.4 Å². The molecule has 8 heteroatoms. The number of aromatic nitrogens is 3. The molecule has 26 heavy (non-hydrogen) atoms. The normalized spacial score (nSPS) is 30.0. The number of nitrogens with one attached hydrogen (secondary N) is 2. The van der Waals surface area contributed by atoms with Gasteiger partial charge in [-0.3, -0.25) is 4.99 Å². The van der Waals surface area contributed by atoms with Crippen molar-refractivity contribution in [2.45, 2.75) is 78.1 Å². The first kappa shape index (κ1) is 21.4. The van der Waals surface area contributed by atoms with Crippen molar-refractivity contribution in [3.63, 3.8) is 0 Å². The molecular weight excluding hydrogens is 443 g/mol. The van der Waals surface area contributed by atoms with E-state index in [1.807, 2.05) is 11.6 Å². The molecule has 0 aromatic carbocycles. The summed E-state index contributed by atoms with van der Waals surface area (Å²) in [5.74, 6) is 2.71. The van der Waals surface area contributed by atoms with Gasteiger partial charge in [-0.2, -0.15) is 5.10 Å². The Bertz CT molecular complexity index is 658. The van der Waals surface area contributed by atoms with Gasteiger partial charge in [-0.05, 0) is 40.0 Å². The fourth-order valence-electron chi connectivity index (χ4n) is 3.95. The zero-order valence-electron chi connectivity index (χ0n) is 16.8. The number of nitrogens with zero attached hydrogens (tertiary/aromatic N) is 4. The molecule has 0 bridgehead atoms. The molecule has 1 aromatic heterocycles. The smallest absolute Gasteiger partial charge is 0.192 e. The minimum Gasteiger partial charge on any atom is -0.378 e. The van der Waals surface area contributed by atoms with Crippen molar-refractivity contribution in [3.8, 4) is 0 Å². The van der Waals surface area contributed by atoms with Crippen molar-refractivity contribution in [2.24, 2.45) is 10.4 Å². The Morgan fingerprint density at radius 3 is 2.69 bits per heavy atom. The first-order valence-corrected chi connectivity index (χ1v) is 9.34. The number of rotatable bonds is 4. The molecule has 148 valence electrons. The Kier molecular flexibility index (Phi) is 6.58. The van der Waals surface area contributed by atoms with Crippen LogP contribution in [0.15, 0.2) is 4.99 Å². The maximum Gasteiger partial charge on any atom is 0.192 e. The van der Waals surface area contributed by atoms with Gasteiger partial charge in [-0.25, -0.2) is 9.67 Å². The van der Waals surface area contributed by atoms with Crippen molar-refractivity contribution in [2.75, 3.05) is 13.7 Å². The summed E-state index contributed by atoms with van der Waals surface area (Å²) in [7, 11) is 1.80. The summed E-state index contributed by atoms with van der Waals surface area (Å²) < 4.78 is 7.76. The van der Waals surface area contributed by atoms with Gasteiger partial charge in [0.15, 0.2) is 5.96 Å². The van der Waals surface area contributed by atoms with Crippen LogP contribution in [0.4, 0.5) is 0 Å². The Hall–Kier alpha value is -0.900. The molecule has 2 heterocycles. The van der Waals surface area contributed by atoms with E-state index in [2.05, 4.69) is 53.4 Å². The number of guanidine groups is 1. The number of methoxy groups -OCH3 is 1. The number of hydrogen-bond acceptors (Lipinski definition) is 4. The predicted molar refractivity (Wildman–Crippen MR) is 114 cm³/mol. The second kappa shape index (κ2) is 8.00. The van der Waals surface area contributed by atoms with Gasteiger partial charge in [0.05, 0.1) is 11.6 Å². The Morgan fingerprint density at radius 1 is 1.35 bits per heavy atom. The molecule has 3 unspecified atom stereocenters. The van der Waals surface area contributed by atoms with Gasteiger partial charge in [0, 0.05) is 31.7 Å². The molecule has 0 spiro atoms. The maximum atomic E-state index is 5.74. The van der Waals surface area contributed by atoms with E-state index in [4.69, 9.17) is 4.74 Å². The van der Waals surface area contributed by atoms with Crippen LogP contribution < -0.4 is 10.6 Å². The highest BCUT2D eigenvalue weighted by Crippen LogP contribution is 2.51. The van der Waals surface area contributed by atoms with Crippen LogP contribution in [-0.2, 0) is 11.3 Å². The van der Waals surface area contributed by atoms with Crippen LogP contribution in [0.3, 0.4) is 0 Å². The zero-order valence-corrected chi connectivity index (χ0v) is 19.1. The molecule has 0 amide bonds. The lowest BCUT2D eigenvalue weighted by molar-refractivity contribution is -0.176. The lowest BCUT2D eigenvalue weighted by Crippen LogP contribution is -2.69. The SMILES string of the molecule is CCN=C(NC1CCCn2nc(C)nc21)NC1CC(C)(OC)C1(C)C.I. The van der Waals surface area contributed by atoms with E-state index >= 15 is 0 Å². The van der Waals surface area contributed by atoms with Crippen molar-refractivity contribution in [1.29, 1.82) is 0 Å². The summed E-state index contributed by atoms with van der Waals surface area (Å²) in [6, 6.07) is 0.489. The van der Waals surface area contributed by atoms with E-state index in [0.717, 1.165) is 50.0 Å². The average molecular weight is 476 g/mol. The maximum absolute atomic E-state index is 5.74. The van der Waals surface area contributed by atoms with Gasteiger partial charge in [-0.15, -0.1) is 24.0 Å². The first-order valence-electron chi connectivity index (χ1n) is 9.34. The van der Waals surface area contributed by atoms with Gasteiger partial charge in [0.25, 0.3) is 0 Å². The van der Waals surface area contributed by atoms with Crippen LogP contribution in [0, 0.1) is 12.3 Å². The molecule has 1 fully saturated rings. The largest absolute Gasteiger partial charge is 0.378 e. The quantitative estimate of drug-likeness (QED) is 0.397. The number of hydrogen-bond donors (Lipinski definition) is 2. The molecule has 0 radical (unpaired) electrons. The minimum atomic E-state index is -0.0931. The number of fused-ring (bicyclic) bond motifs is 1. The molecule has 7 nitrogen and oxygen atoms in total. The number of aliphatic imine (C=N–C) groups is 1. The van der Waals surface area contributed by atoms with Crippen LogP contribution in [0.2, 0.25) is 0 Å². The van der Waals surface area contributed by atoms with Gasteiger partial charge >= 0.3 is 0 Å². The van der Waals surface area contributed by atoms with Crippen molar-refractivity contribution < 1.29 is 4.74 Å². The highest BCUT2D eigenvalue weighted by atomic mass is 127. The predicted octanol–water partition coefficient (Wildman–Crippen LogP) is 2.80. The van der Waals surface area contributed by atoms with Crippen LogP contribution >= 0.6 is 24.0 Å². The topological polar surface area (TPSA) is 76.4 Å².